The number of rotatable bonds is 6. The quantitative estimate of drug-likeness (QED) is 0.690. The van der Waals surface area contributed by atoms with Gasteiger partial charge in [0.15, 0.2) is 0 Å². The van der Waals surface area contributed by atoms with Crippen molar-refractivity contribution in [1.82, 2.24) is 5.06 Å². The molecule has 2 atom stereocenters. The summed E-state index contributed by atoms with van der Waals surface area (Å²) in [7, 11) is 0. The van der Waals surface area contributed by atoms with Gasteiger partial charge in [-0.1, -0.05) is 31.5 Å². The molecule has 1 amide bonds. The summed E-state index contributed by atoms with van der Waals surface area (Å²) in [5.74, 6) is 0. The van der Waals surface area contributed by atoms with Gasteiger partial charge in [0.25, 0.3) is 0 Å². The number of carbonyl (C=O) groups excluding carboxylic acids is 1. The van der Waals surface area contributed by atoms with Crippen LogP contribution in [0.1, 0.15) is 66.7 Å². The molecule has 0 spiro atoms. The second-order valence-electron chi connectivity index (χ2n) is 9.06. The number of ether oxygens (including phenoxy) is 1. The molecule has 5 heteroatoms. The molecule has 2 aliphatic heterocycles. The monoisotopic (exact) mass is 374 g/mol. The van der Waals surface area contributed by atoms with Crippen molar-refractivity contribution in [3.05, 3.63) is 30.3 Å². The van der Waals surface area contributed by atoms with Gasteiger partial charge in [-0.05, 0) is 65.5 Å². The topological polar surface area (TPSA) is 42.0 Å². The van der Waals surface area contributed by atoms with Gasteiger partial charge in [0.1, 0.15) is 18.8 Å². The Kier molecular flexibility index (Phi) is 5.82. The van der Waals surface area contributed by atoms with E-state index in [1.807, 2.05) is 30.3 Å². The molecule has 2 unspecified atom stereocenters. The summed E-state index contributed by atoms with van der Waals surface area (Å²) in [4.78, 5) is 20.9. The lowest BCUT2D eigenvalue weighted by Gasteiger charge is -2.53. The zero-order chi connectivity index (χ0) is 19.7. The maximum absolute atomic E-state index is 12.5. The molecule has 2 saturated heterocycles. The minimum atomic E-state index is -0.284. The summed E-state index contributed by atoms with van der Waals surface area (Å²) in [5.41, 5.74) is 0.802. The van der Waals surface area contributed by atoms with Crippen molar-refractivity contribution in [1.29, 1.82) is 0 Å². The maximum atomic E-state index is 12.5. The molecule has 3 rings (SSSR count). The number of hydroxylamine groups is 2. The van der Waals surface area contributed by atoms with Gasteiger partial charge in [-0.15, -0.1) is 0 Å². The van der Waals surface area contributed by atoms with Crippen molar-refractivity contribution in [2.75, 3.05) is 11.5 Å². The van der Waals surface area contributed by atoms with Crippen molar-refractivity contribution in [3.8, 4) is 0 Å². The van der Waals surface area contributed by atoms with Crippen LogP contribution in [-0.2, 0) is 9.57 Å². The minimum Gasteiger partial charge on any atom is -0.447 e. The Labute approximate surface area is 163 Å². The van der Waals surface area contributed by atoms with Crippen LogP contribution in [0.4, 0.5) is 10.5 Å². The Hall–Kier alpha value is -1.59. The molecule has 1 aromatic carbocycles. The Morgan fingerprint density at radius 2 is 1.78 bits per heavy atom. The van der Waals surface area contributed by atoms with Crippen LogP contribution in [0.15, 0.2) is 30.3 Å². The van der Waals surface area contributed by atoms with Gasteiger partial charge < -0.3 is 4.74 Å². The van der Waals surface area contributed by atoms with Crippen LogP contribution in [0, 0.1) is 0 Å². The number of para-hydroxylation sites is 1. The highest BCUT2D eigenvalue weighted by atomic mass is 16.7. The van der Waals surface area contributed by atoms with E-state index >= 15 is 0 Å². The van der Waals surface area contributed by atoms with E-state index in [1.54, 1.807) is 4.90 Å². The number of hydrogen-bond acceptors (Lipinski definition) is 4. The van der Waals surface area contributed by atoms with Gasteiger partial charge in [0.05, 0.1) is 0 Å². The standard InChI is InChI=1S/C22H34N2O3/c1-6-11-19(27-24-21(2,3)14-10-15-22(24,4)5)18-16-26-20(25)23(18)17-12-8-7-9-13-17/h7-9,12-13,18-19H,6,10-11,14-16H2,1-5H3. The van der Waals surface area contributed by atoms with E-state index < -0.39 is 0 Å². The van der Waals surface area contributed by atoms with E-state index in [1.165, 1.54) is 6.42 Å². The smallest absolute Gasteiger partial charge is 0.414 e. The van der Waals surface area contributed by atoms with E-state index in [4.69, 9.17) is 9.57 Å². The third-order valence-electron chi connectivity index (χ3n) is 5.86. The molecular formula is C22H34N2O3. The third kappa shape index (κ3) is 4.14. The van der Waals surface area contributed by atoms with Gasteiger partial charge in [-0.3, -0.25) is 9.74 Å². The van der Waals surface area contributed by atoms with Crippen LogP contribution in [0.3, 0.4) is 0 Å². The molecule has 2 heterocycles. The molecule has 0 radical (unpaired) electrons. The van der Waals surface area contributed by atoms with Gasteiger partial charge in [-0.25, -0.2) is 4.79 Å². The highest BCUT2D eigenvalue weighted by molar-refractivity contribution is 5.90. The fourth-order valence-corrected chi connectivity index (χ4v) is 4.59. The number of hydrogen-bond donors (Lipinski definition) is 0. The molecule has 27 heavy (non-hydrogen) atoms. The van der Waals surface area contributed by atoms with Crippen LogP contribution in [-0.4, -0.2) is 41.0 Å². The highest BCUT2D eigenvalue weighted by Crippen LogP contribution is 2.40. The molecule has 0 bridgehead atoms. The first kappa shape index (κ1) is 20.2. The lowest BCUT2D eigenvalue weighted by atomic mass is 9.82. The van der Waals surface area contributed by atoms with Crippen LogP contribution < -0.4 is 4.90 Å². The number of piperidine rings is 1. The lowest BCUT2D eigenvalue weighted by Crippen LogP contribution is -2.61. The highest BCUT2D eigenvalue weighted by Gasteiger charge is 2.47. The summed E-state index contributed by atoms with van der Waals surface area (Å²) in [6.45, 7) is 11.5. The molecule has 150 valence electrons. The Balaban J connectivity index is 1.87. The number of carbonyl (C=O) groups is 1. The molecule has 2 aliphatic rings. The van der Waals surface area contributed by atoms with E-state index in [0.29, 0.717) is 6.61 Å². The number of anilines is 1. The molecule has 0 saturated carbocycles. The van der Waals surface area contributed by atoms with Gasteiger partial charge in [0, 0.05) is 16.8 Å². The average Bonchev–Trinajstić information content (AvgIpc) is 2.99. The normalized spacial score (nSPS) is 26.0. The van der Waals surface area contributed by atoms with Crippen molar-refractivity contribution in [2.24, 2.45) is 0 Å². The summed E-state index contributed by atoms with van der Waals surface area (Å²) in [6, 6.07) is 9.65. The molecule has 5 nitrogen and oxygen atoms in total. The van der Waals surface area contributed by atoms with Crippen molar-refractivity contribution >= 4 is 11.8 Å². The predicted molar refractivity (Wildman–Crippen MR) is 108 cm³/mol. The summed E-state index contributed by atoms with van der Waals surface area (Å²) < 4.78 is 5.44. The molecule has 0 aromatic heterocycles. The van der Waals surface area contributed by atoms with Crippen molar-refractivity contribution in [3.63, 3.8) is 0 Å². The first-order chi connectivity index (χ1) is 12.8. The van der Waals surface area contributed by atoms with Crippen molar-refractivity contribution < 1.29 is 14.4 Å². The second-order valence-corrected chi connectivity index (χ2v) is 9.06. The molecule has 0 N–H and O–H groups in total. The average molecular weight is 375 g/mol. The fourth-order valence-electron chi connectivity index (χ4n) is 4.59. The Morgan fingerprint density at radius 1 is 1.15 bits per heavy atom. The summed E-state index contributed by atoms with van der Waals surface area (Å²) in [6.07, 6.45) is 4.92. The largest absolute Gasteiger partial charge is 0.447 e. The van der Waals surface area contributed by atoms with Gasteiger partial charge in [-0.2, -0.15) is 5.06 Å². The Morgan fingerprint density at radius 3 is 2.37 bits per heavy atom. The summed E-state index contributed by atoms with van der Waals surface area (Å²) >= 11 is 0. The first-order valence-electron chi connectivity index (χ1n) is 10.2. The van der Waals surface area contributed by atoms with Gasteiger partial charge in [0.2, 0.25) is 0 Å². The van der Waals surface area contributed by atoms with Gasteiger partial charge >= 0.3 is 6.09 Å². The number of amides is 1. The number of benzene rings is 1. The molecule has 1 aromatic rings. The fraction of sp³-hybridized carbons (Fsp3) is 0.682. The maximum Gasteiger partial charge on any atom is 0.414 e. The number of nitrogens with zero attached hydrogens (tertiary/aromatic N) is 2. The molecule has 2 fully saturated rings. The zero-order valence-corrected chi connectivity index (χ0v) is 17.4. The van der Waals surface area contributed by atoms with Crippen molar-refractivity contribution in [2.45, 2.75) is 89.9 Å². The van der Waals surface area contributed by atoms with Crippen LogP contribution >= 0.6 is 0 Å². The minimum absolute atomic E-state index is 0.0329. The van der Waals surface area contributed by atoms with Crippen LogP contribution in [0.5, 0.6) is 0 Å². The van der Waals surface area contributed by atoms with Crippen LogP contribution in [0.2, 0.25) is 0 Å². The SMILES string of the molecule is CCCC(ON1C(C)(C)CCCC1(C)C)C1COC(=O)N1c1ccccc1. The van der Waals surface area contributed by atoms with E-state index in [-0.39, 0.29) is 29.3 Å². The second kappa shape index (κ2) is 7.80. The predicted octanol–water partition coefficient (Wildman–Crippen LogP) is 5.16. The molecular weight excluding hydrogens is 340 g/mol. The van der Waals surface area contributed by atoms with E-state index in [9.17, 15) is 4.79 Å². The van der Waals surface area contributed by atoms with E-state index in [2.05, 4.69) is 39.7 Å². The Bertz CT molecular complexity index is 628. The first-order valence-corrected chi connectivity index (χ1v) is 10.2. The summed E-state index contributed by atoms with van der Waals surface area (Å²) in [5, 5.41) is 2.20. The molecule has 0 aliphatic carbocycles. The van der Waals surface area contributed by atoms with E-state index in [0.717, 1.165) is 31.4 Å². The number of cyclic esters (lactones) is 1. The lowest BCUT2D eigenvalue weighted by molar-refractivity contribution is -0.308. The van der Waals surface area contributed by atoms with Crippen LogP contribution in [0.25, 0.3) is 0 Å². The zero-order valence-electron chi connectivity index (χ0n) is 17.4. The third-order valence-corrected chi connectivity index (χ3v) is 5.86.